The molecule has 0 spiro atoms. The lowest BCUT2D eigenvalue weighted by molar-refractivity contribution is -0.123. The highest BCUT2D eigenvalue weighted by Gasteiger charge is 2.18. The van der Waals surface area contributed by atoms with Crippen LogP contribution in [0.2, 0.25) is 0 Å². The number of amides is 1. The van der Waals surface area contributed by atoms with Gasteiger partial charge in [-0.1, -0.05) is 31.2 Å². The summed E-state index contributed by atoms with van der Waals surface area (Å²) in [4.78, 5) is 13.9. The first-order chi connectivity index (χ1) is 11.1. The van der Waals surface area contributed by atoms with Crippen molar-refractivity contribution in [3.63, 3.8) is 0 Å². The van der Waals surface area contributed by atoms with Gasteiger partial charge in [0, 0.05) is 0 Å². The normalized spacial score (nSPS) is 12.7. The summed E-state index contributed by atoms with van der Waals surface area (Å²) in [5.74, 6) is 0.156. The summed E-state index contributed by atoms with van der Waals surface area (Å²) in [6.45, 7) is 4.78. The average Bonchev–Trinajstić information content (AvgIpc) is 3.17. The number of benzene rings is 1. The molecular weight excluding hydrogens is 294 g/mol. The monoisotopic (exact) mass is 313 g/mol. The molecule has 8 nitrogen and oxygen atoms in total. The zero-order valence-electron chi connectivity index (χ0n) is 13.1. The summed E-state index contributed by atoms with van der Waals surface area (Å²) in [6, 6.07) is 7.52. The van der Waals surface area contributed by atoms with Gasteiger partial charge in [0.25, 0.3) is 0 Å². The second kappa shape index (κ2) is 6.55. The topological polar surface area (TPSA) is 90.5 Å². The number of fused-ring (bicyclic) bond motifs is 1. The van der Waals surface area contributed by atoms with Gasteiger partial charge < -0.3 is 5.32 Å². The molecule has 0 aliphatic rings. The number of rotatable bonds is 6. The molecule has 23 heavy (non-hydrogen) atoms. The van der Waals surface area contributed by atoms with Crippen LogP contribution < -0.4 is 5.32 Å². The van der Waals surface area contributed by atoms with E-state index in [0.29, 0.717) is 6.54 Å². The molecule has 0 aliphatic heterocycles. The molecule has 0 aliphatic carbocycles. The highest BCUT2D eigenvalue weighted by Crippen LogP contribution is 2.10. The van der Waals surface area contributed by atoms with Crippen LogP contribution in [0, 0.1) is 5.92 Å². The molecular formula is C15H19N7O. The van der Waals surface area contributed by atoms with E-state index in [0.717, 1.165) is 11.0 Å². The van der Waals surface area contributed by atoms with E-state index >= 15 is 0 Å². The molecule has 2 aromatic heterocycles. The van der Waals surface area contributed by atoms with Gasteiger partial charge >= 0.3 is 0 Å². The summed E-state index contributed by atoms with van der Waals surface area (Å²) in [6.07, 6.45) is 3.25. The van der Waals surface area contributed by atoms with Gasteiger partial charge in [0.2, 0.25) is 5.91 Å². The van der Waals surface area contributed by atoms with E-state index in [1.165, 1.54) is 0 Å². The maximum Gasteiger partial charge on any atom is 0.242 e. The highest BCUT2D eigenvalue weighted by atomic mass is 16.2. The molecule has 3 aromatic rings. The molecule has 0 saturated carbocycles. The van der Waals surface area contributed by atoms with Gasteiger partial charge in [0.15, 0.2) is 0 Å². The first-order valence-electron chi connectivity index (χ1n) is 7.55. The minimum atomic E-state index is -0.105. The van der Waals surface area contributed by atoms with Crippen molar-refractivity contribution >= 4 is 16.9 Å². The molecule has 1 atom stereocenters. The zero-order valence-corrected chi connectivity index (χ0v) is 13.1. The van der Waals surface area contributed by atoms with Crippen LogP contribution in [0.25, 0.3) is 11.0 Å². The number of hydrogen-bond acceptors (Lipinski definition) is 5. The van der Waals surface area contributed by atoms with Crippen molar-refractivity contribution in [2.75, 3.05) is 0 Å². The van der Waals surface area contributed by atoms with Gasteiger partial charge in [0.1, 0.15) is 12.1 Å². The maximum absolute atomic E-state index is 12.3. The van der Waals surface area contributed by atoms with Gasteiger partial charge in [-0.05, 0) is 18.1 Å². The Balaban J connectivity index is 1.67. The minimum Gasteiger partial charge on any atom is -0.350 e. The Morgan fingerprint density at radius 3 is 2.70 bits per heavy atom. The van der Waals surface area contributed by atoms with Crippen molar-refractivity contribution in [3.05, 3.63) is 36.7 Å². The van der Waals surface area contributed by atoms with Crippen molar-refractivity contribution in [1.82, 2.24) is 35.3 Å². The number of nitrogens with one attached hydrogen (secondary N) is 1. The van der Waals surface area contributed by atoms with E-state index in [9.17, 15) is 4.79 Å². The lowest BCUT2D eigenvalue weighted by Gasteiger charge is -2.21. The predicted octanol–water partition coefficient (Wildman–Crippen LogP) is 0.864. The minimum absolute atomic E-state index is 0.0512. The van der Waals surface area contributed by atoms with Crippen molar-refractivity contribution in [2.24, 2.45) is 5.92 Å². The molecule has 1 N–H and O–H groups in total. The zero-order chi connectivity index (χ0) is 16.2. The third kappa shape index (κ3) is 3.53. The van der Waals surface area contributed by atoms with Crippen molar-refractivity contribution in [2.45, 2.75) is 33.0 Å². The van der Waals surface area contributed by atoms with Crippen molar-refractivity contribution in [3.8, 4) is 0 Å². The Morgan fingerprint density at radius 1 is 1.22 bits per heavy atom. The summed E-state index contributed by atoms with van der Waals surface area (Å²) >= 11 is 0. The Bertz CT molecular complexity index is 778. The molecule has 1 unspecified atom stereocenters. The quantitative estimate of drug-likeness (QED) is 0.729. The van der Waals surface area contributed by atoms with Crippen LogP contribution in [0.4, 0.5) is 0 Å². The Kier molecular flexibility index (Phi) is 4.31. The standard InChI is InChI=1S/C15H19N7O/c1-11(2)13(9-22-16-7-8-17-22)18-15(23)10-21-14-6-4-3-5-12(14)19-20-21/h3-8,11,13H,9-10H2,1-2H3,(H,18,23). The largest absolute Gasteiger partial charge is 0.350 e. The van der Waals surface area contributed by atoms with Gasteiger partial charge in [-0.25, -0.2) is 4.68 Å². The maximum atomic E-state index is 12.3. The lowest BCUT2D eigenvalue weighted by atomic mass is 10.0. The number of aromatic nitrogens is 6. The summed E-state index contributed by atoms with van der Waals surface area (Å²) in [7, 11) is 0. The molecule has 3 rings (SSSR count). The second-order valence-electron chi connectivity index (χ2n) is 5.74. The van der Waals surface area contributed by atoms with Crippen LogP contribution in [0.1, 0.15) is 13.8 Å². The summed E-state index contributed by atoms with van der Waals surface area (Å²) in [5, 5.41) is 19.3. The molecule has 0 radical (unpaired) electrons. The Hall–Kier alpha value is -2.77. The van der Waals surface area contributed by atoms with Crippen LogP contribution >= 0.6 is 0 Å². The van der Waals surface area contributed by atoms with E-state index in [1.807, 2.05) is 24.3 Å². The molecule has 1 aromatic carbocycles. The van der Waals surface area contributed by atoms with E-state index in [1.54, 1.807) is 21.9 Å². The predicted molar refractivity (Wildman–Crippen MR) is 84.3 cm³/mol. The average molecular weight is 313 g/mol. The molecule has 0 bridgehead atoms. The lowest BCUT2D eigenvalue weighted by Crippen LogP contribution is -2.43. The molecule has 120 valence electrons. The molecule has 0 saturated heterocycles. The number of carbonyl (C=O) groups is 1. The summed E-state index contributed by atoms with van der Waals surface area (Å²) < 4.78 is 1.61. The first kappa shape index (κ1) is 15.1. The van der Waals surface area contributed by atoms with Gasteiger partial charge in [-0.15, -0.1) is 5.10 Å². The highest BCUT2D eigenvalue weighted by molar-refractivity contribution is 5.79. The second-order valence-corrected chi connectivity index (χ2v) is 5.74. The van der Waals surface area contributed by atoms with Gasteiger partial charge in [0.05, 0.1) is 30.5 Å². The summed E-state index contributed by atoms with van der Waals surface area (Å²) in [5.41, 5.74) is 1.62. The molecule has 2 heterocycles. The van der Waals surface area contributed by atoms with E-state index in [4.69, 9.17) is 0 Å². The number of hydrogen-bond donors (Lipinski definition) is 1. The molecule has 8 heteroatoms. The fraction of sp³-hybridized carbons (Fsp3) is 0.400. The Morgan fingerprint density at radius 2 is 1.96 bits per heavy atom. The SMILES string of the molecule is CC(C)C(Cn1nccn1)NC(=O)Cn1nnc2ccccc21. The van der Waals surface area contributed by atoms with Gasteiger partial charge in [-0.3, -0.25) is 4.79 Å². The van der Waals surface area contributed by atoms with Crippen LogP contribution in [0.15, 0.2) is 36.7 Å². The van der Waals surface area contributed by atoms with E-state index in [2.05, 4.69) is 39.7 Å². The number of carbonyl (C=O) groups excluding carboxylic acids is 1. The van der Waals surface area contributed by atoms with E-state index < -0.39 is 0 Å². The van der Waals surface area contributed by atoms with Crippen molar-refractivity contribution < 1.29 is 4.79 Å². The van der Waals surface area contributed by atoms with Crippen LogP contribution in [0.5, 0.6) is 0 Å². The van der Waals surface area contributed by atoms with Crippen LogP contribution in [-0.4, -0.2) is 41.9 Å². The smallest absolute Gasteiger partial charge is 0.242 e. The number of para-hydroxylation sites is 1. The van der Waals surface area contributed by atoms with Crippen molar-refractivity contribution in [1.29, 1.82) is 0 Å². The van der Waals surface area contributed by atoms with Crippen LogP contribution in [0.3, 0.4) is 0 Å². The van der Waals surface area contributed by atoms with Crippen LogP contribution in [-0.2, 0) is 17.9 Å². The fourth-order valence-electron chi connectivity index (χ4n) is 2.36. The third-order valence-corrected chi connectivity index (χ3v) is 3.69. The van der Waals surface area contributed by atoms with E-state index in [-0.39, 0.29) is 24.4 Å². The Labute approximate surface area is 133 Å². The fourth-order valence-corrected chi connectivity index (χ4v) is 2.36. The number of nitrogens with zero attached hydrogens (tertiary/aromatic N) is 6. The van der Waals surface area contributed by atoms with Gasteiger partial charge in [-0.2, -0.15) is 15.0 Å². The first-order valence-corrected chi connectivity index (χ1v) is 7.55. The third-order valence-electron chi connectivity index (χ3n) is 3.69. The molecule has 0 fully saturated rings. The molecule has 1 amide bonds.